The van der Waals surface area contributed by atoms with E-state index in [1.165, 1.54) is 0 Å². The molecule has 1 aromatic heterocycles. The highest BCUT2D eigenvalue weighted by Crippen LogP contribution is 2.22. The van der Waals surface area contributed by atoms with Crippen LogP contribution in [0.25, 0.3) is 0 Å². The van der Waals surface area contributed by atoms with Crippen LogP contribution >= 0.6 is 23.2 Å². The molecule has 0 aliphatic rings. The zero-order valence-electron chi connectivity index (χ0n) is 7.01. The highest BCUT2D eigenvalue weighted by molar-refractivity contribution is 6.29. The lowest BCUT2D eigenvalue weighted by Gasteiger charge is -2.19. The normalized spacial score (nSPS) is 11.7. The van der Waals surface area contributed by atoms with Crippen molar-refractivity contribution in [2.45, 2.75) is 19.3 Å². The van der Waals surface area contributed by atoms with Crippen LogP contribution in [0, 0.1) is 0 Å². The van der Waals surface area contributed by atoms with Crippen LogP contribution < -0.4 is 0 Å². The maximum atomic E-state index is 5.77. The van der Waals surface area contributed by atoms with E-state index in [2.05, 4.69) is 10.2 Å². The molecule has 0 atom stereocenters. The van der Waals surface area contributed by atoms with Crippen molar-refractivity contribution in [3.8, 4) is 0 Å². The quantitative estimate of drug-likeness (QED) is 0.693. The van der Waals surface area contributed by atoms with E-state index >= 15 is 0 Å². The Hall–Kier alpha value is -0.340. The molecule has 0 aromatic carbocycles. The van der Waals surface area contributed by atoms with E-state index in [1.807, 2.05) is 19.9 Å². The lowest BCUT2D eigenvalue weighted by atomic mass is 9.92. The van der Waals surface area contributed by atoms with E-state index in [1.54, 1.807) is 6.07 Å². The van der Waals surface area contributed by atoms with Crippen molar-refractivity contribution in [3.63, 3.8) is 0 Å². The fourth-order valence-corrected chi connectivity index (χ4v) is 0.983. The van der Waals surface area contributed by atoms with E-state index < -0.39 is 0 Å². The van der Waals surface area contributed by atoms with Crippen LogP contribution in [0.5, 0.6) is 0 Å². The molecule has 12 heavy (non-hydrogen) atoms. The van der Waals surface area contributed by atoms with Crippen molar-refractivity contribution in [2.75, 3.05) is 5.88 Å². The van der Waals surface area contributed by atoms with Gasteiger partial charge >= 0.3 is 0 Å². The Balaban J connectivity index is 2.96. The van der Waals surface area contributed by atoms with Gasteiger partial charge in [0.25, 0.3) is 0 Å². The molecule has 0 amide bonds. The molecule has 0 N–H and O–H groups in total. The first-order chi connectivity index (χ1) is 5.56. The number of nitrogens with zero attached hydrogens (tertiary/aromatic N) is 2. The molecule has 0 radical (unpaired) electrons. The Bertz CT molecular complexity index is 256. The second-order valence-electron chi connectivity index (χ2n) is 3.26. The summed E-state index contributed by atoms with van der Waals surface area (Å²) in [7, 11) is 0. The first kappa shape index (κ1) is 9.75. The molecule has 1 aromatic rings. The molecule has 0 saturated carbocycles. The van der Waals surface area contributed by atoms with Crippen LogP contribution in [0.1, 0.15) is 19.5 Å². The minimum absolute atomic E-state index is 0.140. The van der Waals surface area contributed by atoms with Crippen LogP contribution in [-0.4, -0.2) is 16.1 Å². The van der Waals surface area contributed by atoms with Crippen molar-refractivity contribution in [3.05, 3.63) is 23.0 Å². The number of rotatable bonds is 2. The Kier molecular flexibility index (Phi) is 2.91. The van der Waals surface area contributed by atoms with Crippen LogP contribution in [0.2, 0.25) is 5.15 Å². The summed E-state index contributed by atoms with van der Waals surface area (Å²) < 4.78 is 0. The fourth-order valence-electron chi connectivity index (χ4n) is 0.745. The third-order valence-corrected chi connectivity index (χ3v) is 2.53. The van der Waals surface area contributed by atoms with E-state index in [4.69, 9.17) is 23.2 Å². The number of aromatic nitrogens is 2. The van der Waals surface area contributed by atoms with Crippen LogP contribution in [0.15, 0.2) is 12.1 Å². The Morgan fingerprint density at radius 1 is 1.33 bits per heavy atom. The zero-order valence-corrected chi connectivity index (χ0v) is 8.52. The minimum Gasteiger partial charge on any atom is -0.154 e. The van der Waals surface area contributed by atoms with E-state index in [9.17, 15) is 0 Å². The van der Waals surface area contributed by atoms with Gasteiger partial charge in [0.05, 0.1) is 5.69 Å². The molecular weight excluding hydrogens is 195 g/mol. The monoisotopic (exact) mass is 204 g/mol. The lowest BCUT2D eigenvalue weighted by Crippen LogP contribution is -2.21. The predicted octanol–water partition coefficient (Wildman–Crippen LogP) is 2.65. The zero-order chi connectivity index (χ0) is 9.19. The van der Waals surface area contributed by atoms with Crippen molar-refractivity contribution in [1.82, 2.24) is 10.2 Å². The van der Waals surface area contributed by atoms with Gasteiger partial charge in [-0.25, -0.2) is 0 Å². The summed E-state index contributed by atoms with van der Waals surface area (Å²) in [4.78, 5) is 0. The highest BCUT2D eigenvalue weighted by atomic mass is 35.5. The van der Waals surface area contributed by atoms with Crippen molar-refractivity contribution >= 4 is 23.2 Å². The molecular formula is C8H10Cl2N2. The minimum atomic E-state index is -0.140. The molecule has 0 spiro atoms. The number of hydrogen-bond acceptors (Lipinski definition) is 2. The second-order valence-corrected chi connectivity index (χ2v) is 3.91. The van der Waals surface area contributed by atoms with Crippen LogP contribution in [0.3, 0.4) is 0 Å². The Morgan fingerprint density at radius 3 is 2.42 bits per heavy atom. The number of alkyl halides is 1. The third-order valence-electron chi connectivity index (χ3n) is 1.66. The Morgan fingerprint density at radius 2 is 2.00 bits per heavy atom. The smallest absolute Gasteiger partial charge is 0.151 e. The first-order valence-electron chi connectivity index (χ1n) is 3.62. The van der Waals surface area contributed by atoms with Crippen LogP contribution in [0.4, 0.5) is 0 Å². The van der Waals surface area contributed by atoms with E-state index in [0.717, 1.165) is 5.69 Å². The molecule has 0 fully saturated rings. The topological polar surface area (TPSA) is 25.8 Å². The molecule has 4 heteroatoms. The van der Waals surface area contributed by atoms with Gasteiger partial charge in [0.1, 0.15) is 0 Å². The number of halogens is 2. The molecule has 1 rings (SSSR count). The summed E-state index contributed by atoms with van der Waals surface area (Å²) >= 11 is 11.4. The molecule has 0 aliphatic heterocycles. The maximum Gasteiger partial charge on any atom is 0.151 e. The molecule has 0 saturated heterocycles. The summed E-state index contributed by atoms with van der Waals surface area (Å²) in [5.41, 5.74) is 0.723. The maximum absolute atomic E-state index is 5.77. The Labute approximate surface area is 81.9 Å². The van der Waals surface area contributed by atoms with Gasteiger partial charge in [-0.15, -0.1) is 16.7 Å². The summed E-state index contributed by atoms with van der Waals surface area (Å²) in [5, 5.41) is 8.11. The average Bonchev–Trinajstić information content (AvgIpc) is 2.05. The van der Waals surface area contributed by atoms with Gasteiger partial charge in [-0.05, 0) is 12.1 Å². The van der Waals surface area contributed by atoms with Gasteiger partial charge in [-0.2, -0.15) is 5.10 Å². The van der Waals surface area contributed by atoms with Gasteiger partial charge in [0, 0.05) is 11.3 Å². The fraction of sp³-hybridized carbons (Fsp3) is 0.500. The summed E-state index contributed by atoms with van der Waals surface area (Å²) in [5.74, 6) is 0.517. The van der Waals surface area contributed by atoms with Gasteiger partial charge in [-0.3, -0.25) is 0 Å². The van der Waals surface area contributed by atoms with E-state index in [-0.39, 0.29) is 5.41 Å². The highest BCUT2D eigenvalue weighted by Gasteiger charge is 2.20. The third kappa shape index (κ3) is 2.08. The van der Waals surface area contributed by atoms with Crippen molar-refractivity contribution in [2.24, 2.45) is 0 Å². The largest absolute Gasteiger partial charge is 0.154 e. The summed E-state index contributed by atoms with van der Waals surface area (Å²) in [6.45, 7) is 4.02. The van der Waals surface area contributed by atoms with Crippen LogP contribution in [-0.2, 0) is 5.41 Å². The molecule has 0 unspecified atom stereocenters. The molecule has 66 valence electrons. The summed E-state index contributed by atoms with van der Waals surface area (Å²) in [6, 6.07) is 3.57. The predicted molar refractivity (Wildman–Crippen MR) is 50.8 cm³/mol. The van der Waals surface area contributed by atoms with Gasteiger partial charge < -0.3 is 0 Å². The molecule has 2 nitrogen and oxygen atoms in total. The average molecular weight is 205 g/mol. The standard InChI is InChI=1S/C8H10Cl2N2/c1-8(2,5-9)6-3-4-7(10)12-11-6/h3-4H,5H2,1-2H3. The van der Waals surface area contributed by atoms with Gasteiger partial charge in [-0.1, -0.05) is 25.4 Å². The first-order valence-corrected chi connectivity index (χ1v) is 4.53. The van der Waals surface area contributed by atoms with Gasteiger partial charge in [0.15, 0.2) is 5.15 Å². The van der Waals surface area contributed by atoms with Crippen molar-refractivity contribution < 1.29 is 0 Å². The van der Waals surface area contributed by atoms with Gasteiger partial charge in [0.2, 0.25) is 0 Å². The summed E-state index contributed by atoms with van der Waals surface area (Å²) in [6.07, 6.45) is 0. The second kappa shape index (κ2) is 3.58. The molecule has 0 aliphatic carbocycles. The van der Waals surface area contributed by atoms with E-state index in [0.29, 0.717) is 11.0 Å². The van der Waals surface area contributed by atoms with Crippen molar-refractivity contribution in [1.29, 1.82) is 0 Å². The number of hydrogen-bond donors (Lipinski definition) is 0. The lowest BCUT2D eigenvalue weighted by molar-refractivity contribution is 0.565. The SMILES string of the molecule is CC(C)(CCl)c1ccc(Cl)nn1. The molecule has 0 bridgehead atoms. The molecule has 1 heterocycles.